The Bertz CT molecular complexity index is 430. The topological polar surface area (TPSA) is 66.4 Å². The normalized spacial score (nSPS) is 11.8. The number of carboxylic acids is 1. The molecular formula is C11H12BrNO3S. The lowest BCUT2D eigenvalue weighted by atomic mass is 10.1. The lowest BCUT2D eigenvalue weighted by Gasteiger charge is -2.12. The van der Waals surface area contributed by atoms with Gasteiger partial charge in [0.1, 0.15) is 6.04 Å². The van der Waals surface area contributed by atoms with Gasteiger partial charge in [-0.3, -0.25) is 4.79 Å². The van der Waals surface area contributed by atoms with Gasteiger partial charge in [0, 0.05) is 9.85 Å². The Morgan fingerprint density at radius 3 is 2.82 bits per heavy atom. The summed E-state index contributed by atoms with van der Waals surface area (Å²) in [5.41, 5.74) is 0. The van der Waals surface area contributed by atoms with E-state index in [1.54, 1.807) is 17.5 Å². The van der Waals surface area contributed by atoms with Gasteiger partial charge in [0.2, 0.25) is 0 Å². The SMILES string of the molecule is C=CCCC(NC(=O)c1cc(Br)cs1)C(=O)O. The average Bonchev–Trinajstić information content (AvgIpc) is 2.70. The zero-order valence-corrected chi connectivity index (χ0v) is 11.4. The van der Waals surface area contributed by atoms with Crippen molar-refractivity contribution in [2.45, 2.75) is 18.9 Å². The molecule has 1 amide bonds. The number of amides is 1. The molecule has 1 heterocycles. The van der Waals surface area contributed by atoms with E-state index in [4.69, 9.17) is 5.11 Å². The number of carbonyl (C=O) groups excluding carboxylic acids is 1. The second-order valence-corrected chi connectivity index (χ2v) is 5.19. The molecule has 4 nitrogen and oxygen atoms in total. The van der Waals surface area contributed by atoms with Crippen LogP contribution in [0.4, 0.5) is 0 Å². The van der Waals surface area contributed by atoms with Crippen molar-refractivity contribution in [1.82, 2.24) is 5.32 Å². The van der Waals surface area contributed by atoms with E-state index in [-0.39, 0.29) is 5.91 Å². The molecule has 0 aliphatic rings. The quantitative estimate of drug-likeness (QED) is 0.793. The monoisotopic (exact) mass is 317 g/mol. The van der Waals surface area contributed by atoms with Gasteiger partial charge in [-0.05, 0) is 34.8 Å². The maximum atomic E-state index is 11.7. The number of carbonyl (C=O) groups is 2. The second-order valence-electron chi connectivity index (χ2n) is 3.36. The molecule has 0 aliphatic carbocycles. The van der Waals surface area contributed by atoms with Crippen molar-refractivity contribution in [1.29, 1.82) is 0 Å². The van der Waals surface area contributed by atoms with Crippen LogP contribution in [0.2, 0.25) is 0 Å². The molecule has 0 aliphatic heterocycles. The van der Waals surface area contributed by atoms with Gasteiger partial charge in [-0.2, -0.15) is 0 Å². The summed E-state index contributed by atoms with van der Waals surface area (Å²) in [5.74, 6) is -1.40. The van der Waals surface area contributed by atoms with Gasteiger partial charge in [-0.25, -0.2) is 4.79 Å². The van der Waals surface area contributed by atoms with Crippen LogP contribution in [-0.4, -0.2) is 23.0 Å². The van der Waals surface area contributed by atoms with Crippen LogP contribution >= 0.6 is 27.3 Å². The van der Waals surface area contributed by atoms with Gasteiger partial charge < -0.3 is 10.4 Å². The molecule has 1 unspecified atom stereocenters. The molecule has 1 aromatic heterocycles. The van der Waals surface area contributed by atoms with Crippen LogP contribution in [0.3, 0.4) is 0 Å². The summed E-state index contributed by atoms with van der Waals surface area (Å²) in [5, 5.41) is 13.2. The number of thiophene rings is 1. The number of nitrogens with one attached hydrogen (secondary N) is 1. The minimum Gasteiger partial charge on any atom is -0.480 e. The summed E-state index contributed by atoms with van der Waals surface area (Å²) in [7, 11) is 0. The van der Waals surface area contributed by atoms with Crippen molar-refractivity contribution in [2.24, 2.45) is 0 Å². The van der Waals surface area contributed by atoms with Crippen LogP contribution < -0.4 is 5.32 Å². The van der Waals surface area contributed by atoms with Crippen LogP contribution in [0.15, 0.2) is 28.6 Å². The number of hydrogen-bond acceptors (Lipinski definition) is 3. The van der Waals surface area contributed by atoms with Gasteiger partial charge in [0.15, 0.2) is 0 Å². The number of halogens is 1. The standard InChI is InChI=1S/C11H12BrNO3S/c1-2-3-4-8(11(15)16)13-10(14)9-5-7(12)6-17-9/h2,5-6,8H,1,3-4H2,(H,13,14)(H,15,16). The van der Waals surface area contributed by atoms with Crippen molar-refractivity contribution in [2.75, 3.05) is 0 Å². The van der Waals surface area contributed by atoms with E-state index in [0.717, 1.165) is 4.47 Å². The van der Waals surface area contributed by atoms with Crippen molar-refractivity contribution < 1.29 is 14.7 Å². The predicted octanol–water partition coefficient (Wildman–Crippen LogP) is 2.66. The fourth-order valence-corrected chi connectivity index (χ4v) is 2.53. The van der Waals surface area contributed by atoms with Gasteiger partial charge >= 0.3 is 5.97 Å². The largest absolute Gasteiger partial charge is 0.480 e. The van der Waals surface area contributed by atoms with E-state index in [0.29, 0.717) is 17.7 Å². The molecule has 0 bridgehead atoms. The van der Waals surface area contributed by atoms with Gasteiger partial charge in [0.05, 0.1) is 4.88 Å². The number of aliphatic carboxylic acids is 1. The molecule has 17 heavy (non-hydrogen) atoms. The first kappa shape index (κ1) is 13.9. The van der Waals surface area contributed by atoms with Crippen molar-refractivity contribution in [3.63, 3.8) is 0 Å². The molecule has 0 aromatic carbocycles. The highest BCUT2D eigenvalue weighted by atomic mass is 79.9. The molecule has 2 N–H and O–H groups in total. The first-order valence-electron chi connectivity index (χ1n) is 4.93. The van der Waals surface area contributed by atoms with Crippen LogP contribution in [0.5, 0.6) is 0 Å². The Morgan fingerprint density at radius 2 is 2.35 bits per heavy atom. The lowest BCUT2D eigenvalue weighted by Crippen LogP contribution is -2.40. The highest BCUT2D eigenvalue weighted by Gasteiger charge is 2.20. The summed E-state index contributed by atoms with van der Waals surface area (Å²) >= 11 is 4.50. The Labute approximate surface area is 111 Å². The minimum atomic E-state index is -1.03. The van der Waals surface area contributed by atoms with Crippen molar-refractivity contribution in [3.8, 4) is 0 Å². The van der Waals surface area contributed by atoms with Gasteiger partial charge in [0.25, 0.3) is 5.91 Å². The molecule has 0 saturated heterocycles. The molecule has 0 radical (unpaired) electrons. The highest BCUT2D eigenvalue weighted by Crippen LogP contribution is 2.19. The molecule has 1 rings (SSSR count). The zero-order chi connectivity index (χ0) is 12.8. The summed E-state index contributed by atoms with van der Waals surface area (Å²) in [6.07, 6.45) is 2.52. The summed E-state index contributed by atoms with van der Waals surface area (Å²) in [4.78, 5) is 23.1. The van der Waals surface area contributed by atoms with Crippen LogP contribution in [0.25, 0.3) is 0 Å². The van der Waals surface area contributed by atoms with Gasteiger partial charge in [-0.1, -0.05) is 6.08 Å². The van der Waals surface area contributed by atoms with E-state index in [2.05, 4.69) is 27.8 Å². The summed E-state index contributed by atoms with van der Waals surface area (Å²) in [6, 6.07) is 0.785. The van der Waals surface area contributed by atoms with E-state index < -0.39 is 12.0 Å². The van der Waals surface area contributed by atoms with Crippen LogP contribution in [0.1, 0.15) is 22.5 Å². The molecular weight excluding hydrogens is 306 g/mol. The van der Waals surface area contributed by atoms with Crippen molar-refractivity contribution >= 4 is 39.1 Å². The zero-order valence-electron chi connectivity index (χ0n) is 8.98. The first-order chi connectivity index (χ1) is 8.04. The number of hydrogen-bond donors (Lipinski definition) is 2. The van der Waals surface area contributed by atoms with E-state index >= 15 is 0 Å². The average molecular weight is 318 g/mol. The third-order valence-electron chi connectivity index (χ3n) is 2.05. The Morgan fingerprint density at radius 1 is 1.65 bits per heavy atom. The summed E-state index contributed by atoms with van der Waals surface area (Å²) < 4.78 is 0.811. The first-order valence-corrected chi connectivity index (χ1v) is 6.60. The van der Waals surface area contributed by atoms with Crippen LogP contribution in [0, 0.1) is 0 Å². The number of carboxylic acid groups (broad SMARTS) is 1. The molecule has 0 saturated carbocycles. The van der Waals surface area contributed by atoms with E-state index in [1.165, 1.54) is 11.3 Å². The Kier molecular flexibility index (Phi) is 5.37. The van der Waals surface area contributed by atoms with Crippen LogP contribution in [-0.2, 0) is 4.79 Å². The fraction of sp³-hybridized carbons (Fsp3) is 0.273. The Balaban J connectivity index is 2.63. The van der Waals surface area contributed by atoms with E-state index in [1.807, 2.05) is 0 Å². The molecule has 0 fully saturated rings. The number of allylic oxidation sites excluding steroid dienone is 1. The molecule has 1 aromatic rings. The highest BCUT2D eigenvalue weighted by molar-refractivity contribution is 9.10. The minimum absolute atomic E-state index is 0.344. The maximum Gasteiger partial charge on any atom is 0.326 e. The Hall–Kier alpha value is -1.14. The number of rotatable bonds is 6. The summed E-state index contributed by atoms with van der Waals surface area (Å²) in [6.45, 7) is 3.52. The smallest absolute Gasteiger partial charge is 0.326 e. The fourth-order valence-electron chi connectivity index (χ4n) is 1.20. The second kappa shape index (κ2) is 6.56. The third-order valence-corrected chi connectivity index (χ3v) is 3.74. The molecule has 6 heteroatoms. The maximum absolute atomic E-state index is 11.7. The third kappa shape index (κ3) is 4.32. The molecule has 1 atom stereocenters. The van der Waals surface area contributed by atoms with Gasteiger partial charge in [-0.15, -0.1) is 17.9 Å². The van der Waals surface area contributed by atoms with E-state index in [9.17, 15) is 9.59 Å². The molecule has 92 valence electrons. The predicted molar refractivity (Wildman–Crippen MR) is 70.3 cm³/mol. The van der Waals surface area contributed by atoms with Crippen molar-refractivity contribution in [3.05, 3.63) is 33.5 Å². The lowest BCUT2D eigenvalue weighted by molar-refractivity contribution is -0.139. The molecule has 0 spiro atoms.